The molecule has 0 aromatic heterocycles. The number of fused-ring (bicyclic) bond motifs is 1. The summed E-state index contributed by atoms with van der Waals surface area (Å²) in [6.45, 7) is 3.57. The van der Waals surface area contributed by atoms with E-state index in [-0.39, 0.29) is 12.5 Å². The van der Waals surface area contributed by atoms with Crippen molar-refractivity contribution >= 4 is 5.91 Å². The number of carbonyl (C=O) groups excluding carboxylic acids is 1. The molecule has 17 heavy (non-hydrogen) atoms. The largest absolute Gasteiger partial charge is 0.486 e. The molecule has 1 aromatic rings. The number of nitrogens with one attached hydrogen (secondary N) is 1. The fraction of sp³-hybridized carbons (Fsp3) is 0.417. The summed E-state index contributed by atoms with van der Waals surface area (Å²) in [6.07, 6.45) is 0. The summed E-state index contributed by atoms with van der Waals surface area (Å²) in [6, 6.07) is 5.27. The molecule has 1 N–H and O–H groups in total. The van der Waals surface area contributed by atoms with Crippen LogP contribution in [0.4, 0.5) is 0 Å². The van der Waals surface area contributed by atoms with Gasteiger partial charge in [0.1, 0.15) is 19.0 Å². The van der Waals surface area contributed by atoms with Crippen LogP contribution in [-0.2, 0) is 4.79 Å². The van der Waals surface area contributed by atoms with Crippen molar-refractivity contribution in [2.24, 2.45) is 0 Å². The number of carbonyl (C=O) groups is 1. The third-order valence-corrected chi connectivity index (χ3v) is 2.26. The van der Waals surface area contributed by atoms with E-state index in [9.17, 15) is 4.79 Å². The van der Waals surface area contributed by atoms with Crippen LogP contribution in [0.15, 0.2) is 18.2 Å². The van der Waals surface area contributed by atoms with Gasteiger partial charge in [-0.1, -0.05) is 0 Å². The fourth-order valence-corrected chi connectivity index (χ4v) is 1.51. The molecule has 0 fully saturated rings. The molecule has 1 aliphatic heterocycles. The van der Waals surface area contributed by atoms with Gasteiger partial charge in [-0.15, -0.1) is 0 Å². The molecule has 0 radical (unpaired) electrons. The topological polar surface area (TPSA) is 56.8 Å². The van der Waals surface area contributed by atoms with Crippen LogP contribution in [0.1, 0.15) is 6.92 Å². The average molecular weight is 237 g/mol. The molecule has 1 aliphatic rings. The van der Waals surface area contributed by atoms with E-state index in [4.69, 9.17) is 14.2 Å². The summed E-state index contributed by atoms with van der Waals surface area (Å²) >= 11 is 0. The minimum Gasteiger partial charge on any atom is -0.486 e. The maximum atomic E-state index is 11.2. The van der Waals surface area contributed by atoms with Gasteiger partial charge in [0, 0.05) is 12.6 Å². The van der Waals surface area contributed by atoms with Crippen molar-refractivity contribution in [2.45, 2.75) is 6.92 Å². The molecule has 0 saturated heterocycles. The predicted octanol–water partition coefficient (Wildman–Crippen LogP) is 0.973. The third-order valence-electron chi connectivity index (χ3n) is 2.26. The number of hydrogen-bond acceptors (Lipinski definition) is 4. The molecule has 1 aromatic carbocycles. The molecule has 5 heteroatoms. The SMILES string of the molecule is CCNC(=O)COc1ccc2c(c1)OCCO2. The monoisotopic (exact) mass is 237 g/mol. The molecule has 0 unspecified atom stereocenters. The van der Waals surface area contributed by atoms with Gasteiger partial charge in [-0.3, -0.25) is 4.79 Å². The van der Waals surface area contributed by atoms with Gasteiger partial charge >= 0.3 is 0 Å². The van der Waals surface area contributed by atoms with Crippen molar-refractivity contribution in [3.8, 4) is 17.2 Å². The Bertz CT molecular complexity index is 405. The summed E-state index contributed by atoms with van der Waals surface area (Å²) in [7, 11) is 0. The van der Waals surface area contributed by atoms with Gasteiger partial charge in [0.15, 0.2) is 18.1 Å². The highest BCUT2D eigenvalue weighted by Gasteiger charge is 2.12. The van der Waals surface area contributed by atoms with Gasteiger partial charge in [-0.05, 0) is 19.1 Å². The van der Waals surface area contributed by atoms with E-state index >= 15 is 0 Å². The quantitative estimate of drug-likeness (QED) is 0.847. The summed E-state index contributed by atoms with van der Waals surface area (Å²) in [5.74, 6) is 1.83. The summed E-state index contributed by atoms with van der Waals surface area (Å²) in [5, 5.41) is 2.66. The van der Waals surface area contributed by atoms with Gasteiger partial charge in [-0.2, -0.15) is 0 Å². The first-order chi connectivity index (χ1) is 8.29. The Balaban J connectivity index is 1.95. The Morgan fingerprint density at radius 2 is 2.12 bits per heavy atom. The average Bonchev–Trinajstić information content (AvgIpc) is 2.36. The zero-order chi connectivity index (χ0) is 12.1. The number of likely N-dealkylation sites (N-methyl/N-ethyl adjacent to an activating group) is 1. The molecule has 0 aliphatic carbocycles. The van der Waals surface area contributed by atoms with Gasteiger partial charge < -0.3 is 19.5 Å². The van der Waals surface area contributed by atoms with Gasteiger partial charge in [0.25, 0.3) is 5.91 Å². The van der Waals surface area contributed by atoms with Crippen LogP contribution in [0.3, 0.4) is 0 Å². The minimum atomic E-state index is -0.137. The first kappa shape index (κ1) is 11.6. The van der Waals surface area contributed by atoms with Crippen molar-refractivity contribution in [2.75, 3.05) is 26.4 Å². The second-order valence-electron chi connectivity index (χ2n) is 3.55. The molecule has 0 bridgehead atoms. The number of rotatable bonds is 4. The smallest absolute Gasteiger partial charge is 0.257 e. The van der Waals surface area contributed by atoms with E-state index < -0.39 is 0 Å². The maximum Gasteiger partial charge on any atom is 0.257 e. The summed E-state index contributed by atoms with van der Waals surface area (Å²) < 4.78 is 16.1. The molecule has 0 atom stereocenters. The van der Waals surface area contributed by atoms with Crippen molar-refractivity contribution < 1.29 is 19.0 Å². The number of ether oxygens (including phenoxy) is 3. The second-order valence-corrected chi connectivity index (χ2v) is 3.55. The summed E-state index contributed by atoms with van der Waals surface area (Å²) in [4.78, 5) is 11.2. The van der Waals surface area contributed by atoms with E-state index in [0.29, 0.717) is 37.0 Å². The molecule has 5 nitrogen and oxygen atoms in total. The lowest BCUT2D eigenvalue weighted by Crippen LogP contribution is -2.28. The fourth-order valence-electron chi connectivity index (χ4n) is 1.51. The first-order valence-corrected chi connectivity index (χ1v) is 5.58. The van der Waals surface area contributed by atoms with Crippen molar-refractivity contribution in [3.63, 3.8) is 0 Å². The Morgan fingerprint density at radius 1 is 1.35 bits per heavy atom. The van der Waals surface area contributed by atoms with Crippen molar-refractivity contribution in [3.05, 3.63) is 18.2 Å². The predicted molar refractivity (Wildman–Crippen MR) is 61.6 cm³/mol. The molecule has 0 saturated carbocycles. The Hall–Kier alpha value is -1.91. The van der Waals surface area contributed by atoms with E-state index in [1.165, 1.54) is 0 Å². The molecular formula is C12H15NO4. The zero-order valence-electron chi connectivity index (χ0n) is 9.69. The van der Waals surface area contributed by atoms with Crippen LogP contribution in [0.2, 0.25) is 0 Å². The lowest BCUT2D eigenvalue weighted by atomic mass is 10.3. The number of amides is 1. The molecule has 0 spiro atoms. The van der Waals surface area contributed by atoms with E-state index in [1.807, 2.05) is 6.92 Å². The van der Waals surface area contributed by atoms with Crippen LogP contribution < -0.4 is 19.5 Å². The lowest BCUT2D eigenvalue weighted by Gasteiger charge is -2.18. The molecule has 92 valence electrons. The highest BCUT2D eigenvalue weighted by atomic mass is 16.6. The molecular weight excluding hydrogens is 222 g/mol. The van der Waals surface area contributed by atoms with E-state index in [1.54, 1.807) is 18.2 Å². The highest BCUT2D eigenvalue weighted by molar-refractivity contribution is 5.77. The molecule has 1 amide bonds. The standard InChI is InChI=1S/C12H15NO4/c1-2-13-12(14)8-17-9-3-4-10-11(7-9)16-6-5-15-10/h3-4,7H,2,5-6,8H2,1H3,(H,13,14). The van der Waals surface area contributed by atoms with Gasteiger partial charge in [0.05, 0.1) is 0 Å². The third kappa shape index (κ3) is 3.03. The van der Waals surface area contributed by atoms with Gasteiger partial charge in [0.2, 0.25) is 0 Å². The zero-order valence-corrected chi connectivity index (χ0v) is 9.69. The Labute approximate surface area is 99.7 Å². The number of hydrogen-bond donors (Lipinski definition) is 1. The van der Waals surface area contributed by atoms with E-state index in [2.05, 4.69) is 5.32 Å². The normalized spacial score (nSPS) is 13.0. The van der Waals surface area contributed by atoms with Crippen LogP contribution in [0, 0.1) is 0 Å². The van der Waals surface area contributed by atoms with Gasteiger partial charge in [-0.25, -0.2) is 0 Å². The van der Waals surface area contributed by atoms with Crippen LogP contribution >= 0.6 is 0 Å². The van der Waals surface area contributed by atoms with Crippen molar-refractivity contribution in [1.82, 2.24) is 5.32 Å². The van der Waals surface area contributed by atoms with Crippen LogP contribution in [0.25, 0.3) is 0 Å². The highest BCUT2D eigenvalue weighted by Crippen LogP contribution is 2.33. The molecule has 1 heterocycles. The summed E-state index contributed by atoms with van der Waals surface area (Å²) in [5.41, 5.74) is 0. The Morgan fingerprint density at radius 3 is 2.88 bits per heavy atom. The molecule has 2 rings (SSSR count). The second kappa shape index (κ2) is 5.43. The number of benzene rings is 1. The van der Waals surface area contributed by atoms with Crippen LogP contribution in [-0.4, -0.2) is 32.3 Å². The van der Waals surface area contributed by atoms with E-state index in [0.717, 1.165) is 0 Å². The van der Waals surface area contributed by atoms with Crippen molar-refractivity contribution in [1.29, 1.82) is 0 Å². The first-order valence-electron chi connectivity index (χ1n) is 5.58. The minimum absolute atomic E-state index is 0.00742. The lowest BCUT2D eigenvalue weighted by molar-refractivity contribution is -0.122. The maximum absolute atomic E-state index is 11.2. The van der Waals surface area contributed by atoms with Crippen LogP contribution in [0.5, 0.6) is 17.2 Å². The Kier molecular flexibility index (Phi) is 3.69.